The van der Waals surface area contributed by atoms with Crippen molar-refractivity contribution in [1.29, 1.82) is 0 Å². The van der Waals surface area contributed by atoms with Crippen molar-refractivity contribution in [2.75, 3.05) is 5.32 Å². The van der Waals surface area contributed by atoms with Gasteiger partial charge < -0.3 is 9.73 Å². The van der Waals surface area contributed by atoms with E-state index in [4.69, 9.17) is 4.42 Å². The number of rotatable bonds is 1. The topological polar surface area (TPSA) is 73.0 Å². The van der Waals surface area contributed by atoms with Crippen molar-refractivity contribution in [3.8, 4) is 0 Å². The van der Waals surface area contributed by atoms with Gasteiger partial charge in [0.25, 0.3) is 0 Å². The monoisotopic (exact) mass is 312 g/mol. The molecule has 6 heteroatoms. The van der Waals surface area contributed by atoms with E-state index in [2.05, 4.69) is 29.2 Å². The van der Waals surface area contributed by atoms with Crippen LogP contribution in [0.1, 0.15) is 50.1 Å². The number of fused-ring (bicyclic) bond motifs is 1. The molecule has 1 atom stereocenters. The molecule has 120 valence electrons. The van der Waals surface area contributed by atoms with E-state index in [1.807, 2.05) is 26.0 Å². The van der Waals surface area contributed by atoms with Crippen molar-refractivity contribution in [2.24, 2.45) is 5.41 Å². The molecule has 2 aromatic heterocycles. The molecule has 0 bridgehead atoms. The number of carbonyl (C=O) groups excluding carboxylic acids is 1. The van der Waals surface area contributed by atoms with Crippen LogP contribution >= 0.6 is 0 Å². The summed E-state index contributed by atoms with van der Waals surface area (Å²) in [4.78, 5) is 17.3. The van der Waals surface area contributed by atoms with Crippen molar-refractivity contribution >= 4 is 11.7 Å². The van der Waals surface area contributed by atoms with Crippen LogP contribution in [0.3, 0.4) is 0 Å². The molecule has 4 rings (SSSR count). The van der Waals surface area contributed by atoms with Crippen LogP contribution in [0.4, 0.5) is 5.95 Å². The molecule has 1 aliphatic heterocycles. The van der Waals surface area contributed by atoms with Crippen molar-refractivity contribution < 1.29 is 9.21 Å². The summed E-state index contributed by atoms with van der Waals surface area (Å²) in [6, 6.07) is 3.50. The summed E-state index contributed by atoms with van der Waals surface area (Å²) in [7, 11) is 0. The standard InChI is InChI=1S/C17H20N4O2/c1-9-5-6-13(23-9)15-14-11(7-17(3,4)8-12(14)22)19-16-18-10(2)20-21(15)16/h5-6,15H,7-8H2,1-4H3,(H,18,19,20). The Balaban J connectivity index is 1.92. The minimum atomic E-state index is -0.334. The Morgan fingerprint density at radius 2 is 2.09 bits per heavy atom. The molecule has 0 amide bonds. The minimum absolute atomic E-state index is 0.0518. The van der Waals surface area contributed by atoms with Crippen LogP contribution in [0.15, 0.2) is 27.8 Å². The first-order valence-corrected chi connectivity index (χ1v) is 7.87. The fraction of sp³-hybridized carbons (Fsp3) is 0.471. The third-order valence-electron chi connectivity index (χ3n) is 4.47. The van der Waals surface area contributed by atoms with Crippen molar-refractivity contribution in [1.82, 2.24) is 14.8 Å². The Labute approximate surface area is 134 Å². The third kappa shape index (κ3) is 2.20. The number of hydrogen-bond acceptors (Lipinski definition) is 5. The Morgan fingerprint density at radius 3 is 2.78 bits per heavy atom. The van der Waals surface area contributed by atoms with Crippen LogP contribution in [0.25, 0.3) is 0 Å². The number of ketones is 1. The second-order valence-corrected chi connectivity index (χ2v) is 7.24. The first-order chi connectivity index (χ1) is 10.8. The van der Waals surface area contributed by atoms with Crippen LogP contribution < -0.4 is 5.32 Å². The Kier molecular flexibility index (Phi) is 2.83. The van der Waals surface area contributed by atoms with Gasteiger partial charge in [-0.3, -0.25) is 4.79 Å². The molecular weight excluding hydrogens is 292 g/mol. The van der Waals surface area contributed by atoms with E-state index in [1.165, 1.54) is 0 Å². The smallest absolute Gasteiger partial charge is 0.226 e. The van der Waals surface area contributed by atoms with Crippen LogP contribution in [0.5, 0.6) is 0 Å². The highest BCUT2D eigenvalue weighted by Crippen LogP contribution is 2.45. The number of aryl methyl sites for hydroxylation is 2. The first kappa shape index (κ1) is 14.2. The summed E-state index contributed by atoms with van der Waals surface area (Å²) in [6.45, 7) is 7.99. The maximum Gasteiger partial charge on any atom is 0.226 e. The minimum Gasteiger partial charge on any atom is -0.464 e. The Hall–Kier alpha value is -2.37. The highest BCUT2D eigenvalue weighted by Gasteiger charge is 2.42. The predicted octanol–water partition coefficient (Wildman–Crippen LogP) is 3.15. The van der Waals surface area contributed by atoms with Crippen molar-refractivity contribution in [3.63, 3.8) is 0 Å². The molecule has 0 saturated carbocycles. The molecule has 0 radical (unpaired) electrons. The van der Waals surface area contributed by atoms with Gasteiger partial charge in [-0.15, -0.1) is 0 Å². The molecule has 23 heavy (non-hydrogen) atoms. The summed E-state index contributed by atoms with van der Waals surface area (Å²) >= 11 is 0. The Morgan fingerprint density at radius 1 is 1.30 bits per heavy atom. The van der Waals surface area contributed by atoms with Crippen LogP contribution in [-0.2, 0) is 4.79 Å². The molecule has 0 spiro atoms. The third-order valence-corrected chi connectivity index (χ3v) is 4.47. The zero-order valence-electron chi connectivity index (χ0n) is 13.8. The summed E-state index contributed by atoms with van der Waals surface area (Å²) in [5.41, 5.74) is 1.66. The van der Waals surface area contributed by atoms with E-state index in [9.17, 15) is 4.79 Å². The summed E-state index contributed by atoms with van der Waals surface area (Å²) in [5, 5.41) is 7.80. The summed E-state index contributed by atoms with van der Waals surface area (Å²) in [5.74, 6) is 3.05. The zero-order valence-corrected chi connectivity index (χ0v) is 13.8. The second-order valence-electron chi connectivity index (χ2n) is 7.24. The lowest BCUT2D eigenvalue weighted by Crippen LogP contribution is -2.36. The van der Waals surface area contributed by atoms with E-state index < -0.39 is 0 Å². The molecular formula is C17H20N4O2. The maximum absolute atomic E-state index is 12.9. The van der Waals surface area contributed by atoms with Gasteiger partial charge in [0.2, 0.25) is 5.95 Å². The largest absolute Gasteiger partial charge is 0.464 e. The van der Waals surface area contributed by atoms with Crippen molar-refractivity contribution in [2.45, 2.75) is 46.6 Å². The number of anilines is 1. The molecule has 1 unspecified atom stereocenters. The number of furan rings is 1. The van der Waals surface area contributed by atoms with Gasteiger partial charge in [0.05, 0.1) is 0 Å². The lowest BCUT2D eigenvalue weighted by molar-refractivity contribution is -0.118. The molecule has 3 heterocycles. The fourth-order valence-corrected chi connectivity index (χ4v) is 3.58. The quantitative estimate of drug-likeness (QED) is 0.875. The highest BCUT2D eigenvalue weighted by atomic mass is 16.3. The number of nitrogens with zero attached hydrogens (tertiary/aromatic N) is 3. The van der Waals surface area contributed by atoms with Crippen LogP contribution in [0.2, 0.25) is 0 Å². The second kappa shape index (κ2) is 4.57. The maximum atomic E-state index is 12.9. The molecule has 2 aliphatic rings. The van der Waals surface area contributed by atoms with Gasteiger partial charge in [-0.1, -0.05) is 13.8 Å². The number of nitrogens with one attached hydrogen (secondary N) is 1. The average molecular weight is 312 g/mol. The first-order valence-electron chi connectivity index (χ1n) is 7.87. The molecule has 0 aromatic carbocycles. The lowest BCUT2D eigenvalue weighted by atomic mass is 9.73. The van der Waals surface area contributed by atoms with Gasteiger partial charge in [-0.25, -0.2) is 4.68 Å². The molecule has 2 aromatic rings. The number of allylic oxidation sites excluding steroid dienone is 2. The van der Waals surface area contributed by atoms with Gasteiger partial charge in [0, 0.05) is 17.7 Å². The number of aromatic nitrogens is 3. The van der Waals surface area contributed by atoms with E-state index in [0.29, 0.717) is 18.2 Å². The summed E-state index contributed by atoms with van der Waals surface area (Å²) in [6.07, 6.45) is 1.35. The van der Waals surface area contributed by atoms with E-state index in [0.717, 1.165) is 29.2 Å². The van der Waals surface area contributed by atoms with E-state index in [-0.39, 0.29) is 17.2 Å². The van der Waals surface area contributed by atoms with Gasteiger partial charge in [-0.05, 0) is 37.8 Å². The molecule has 6 nitrogen and oxygen atoms in total. The van der Waals surface area contributed by atoms with Crippen molar-refractivity contribution in [3.05, 3.63) is 40.7 Å². The highest BCUT2D eigenvalue weighted by molar-refractivity contribution is 5.99. The predicted molar refractivity (Wildman–Crippen MR) is 85.0 cm³/mol. The van der Waals surface area contributed by atoms with Gasteiger partial charge >= 0.3 is 0 Å². The molecule has 0 saturated heterocycles. The molecule has 0 fully saturated rings. The number of Topliss-reactive ketones (excluding diaryl/α,β-unsaturated/α-hetero) is 1. The number of hydrogen-bond donors (Lipinski definition) is 1. The zero-order chi connectivity index (χ0) is 16.4. The van der Waals surface area contributed by atoms with Gasteiger partial charge in [0.1, 0.15) is 23.4 Å². The fourth-order valence-electron chi connectivity index (χ4n) is 3.58. The van der Waals surface area contributed by atoms with E-state index in [1.54, 1.807) is 4.68 Å². The average Bonchev–Trinajstić information content (AvgIpc) is 2.99. The van der Waals surface area contributed by atoms with Crippen LogP contribution in [0, 0.1) is 19.3 Å². The molecule has 1 N–H and O–H groups in total. The SMILES string of the molecule is Cc1nc2n(n1)C(c1ccc(C)o1)C1=C(CC(C)(C)CC1=O)N2. The normalized spacial score (nSPS) is 22.6. The number of carbonyl (C=O) groups is 1. The Bertz CT molecular complexity index is 841. The van der Waals surface area contributed by atoms with Gasteiger partial charge in [-0.2, -0.15) is 10.1 Å². The summed E-state index contributed by atoms with van der Waals surface area (Å²) < 4.78 is 7.60. The van der Waals surface area contributed by atoms with E-state index >= 15 is 0 Å². The lowest BCUT2D eigenvalue weighted by Gasteiger charge is -2.37. The molecule has 1 aliphatic carbocycles. The van der Waals surface area contributed by atoms with Crippen LogP contribution in [-0.4, -0.2) is 20.5 Å². The van der Waals surface area contributed by atoms with Gasteiger partial charge in [0.15, 0.2) is 5.78 Å².